The lowest BCUT2D eigenvalue weighted by atomic mass is 10.1. The summed E-state index contributed by atoms with van der Waals surface area (Å²) in [4.78, 5) is 2.66. The number of benzene rings is 2. The van der Waals surface area contributed by atoms with Crippen molar-refractivity contribution < 1.29 is 0 Å². The Balaban J connectivity index is 0.000000257. The van der Waals surface area contributed by atoms with E-state index in [0.717, 1.165) is 16.7 Å². The molecule has 0 saturated carbocycles. The summed E-state index contributed by atoms with van der Waals surface area (Å²) in [6.07, 6.45) is 3.58. The maximum Gasteiger partial charge on any atom is 0.129 e. The second kappa shape index (κ2) is 9.99. The standard InChI is InChI=1S/C13H16Si.C8H7N3/c1-5-12-6-8-13(9-7-12)10-11-14(2,3)4;1-2-7-3-5-8(6-4-7)10-11-9/h5-9H,1H2,2-4H3;2-6H,1H2. The van der Waals surface area contributed by atoms with Crippen LogP contribution in [0.4, 0.5) is 5.69 Å². The number of hydrogen-bond acceptors (Lipinski definition) is 1. The number of nitrogens with zero attached hydrogens (tertiary/aromatic N) is 3. The SMILES string of the molecule is C=Cc1ccc(C#C[Si](C)(C)C)cc1.C=Cc1ccc(N=[N+]=[N-])cc1. The molecule has 0 amide bonds. The molecule has 0 fully saturated rings. The Morgan fingerprint density at radius 1 is 0.920 bits per heavy atom. The molecule has 0 heterocycles. The normalized spacial score (nSPS) is 9.40. The zero-order chi connectivity index (χ0) is 18.7. The number of hydrogen-bond donors (Lipinski definition) is 0. The van der Waals surface area contributed by atoms with Gasteiger partial charge in [-0.05, 0) is 28.8 Å². The molecule has 0 aromatic heterocycles. The van der Waals surface area contributed by atoms with Gasteiger partial charge in [-0.3, -0.25) is 0 Å². The van der Waals surface area contributed by atoms with Crippen molar-refractivity contribution in [1.29, 1.82) is 0 Å². The third kappa shape index (κ3) is 8.43. The Labute approximate surface area is 151 Å². The van der Waals surface area contributed by atoms with Crippen LogP contribution in [0.1, 0.15) is 16.7 Å². The minimum absolute atomic E-state index is 0.623. The zero-order valence-corrected chi connectivity index (χ0v) is 16.0. The van der Waals surface area contributed by atoms with Crippen molar-refractivity contribution in [3.63, 3.8) is 0 Å². The van der Waals surface area contributed by atoms with Crippen molar-refractivity contribution >= 4 is 25.9 Å². The summed E-state index contributed by atoms with van der Waals surface area (Å²) in [6.45, 7) is 14.1. The van der Waals surface area contributed by atoms with Gasteiger partial charge in [-0.25, -0.2) is 0 Å². The molecule has 0 bridgehead atoms. The van der Waals surface area contributed by atoms with E-state index in [1.54, 1.807) is 18.2 Å². The van der Waals surface area contributed by atoms with Crippen LogP contribution in [0.25, 0.3) is 22.6 Å². The molecule has 4 heteroatoms. The van der Waals surface area contributed by atoms with Crippen LogP contribution in [0, 0.1) is 11.5 Å². The summed E-state index contributed by atoms with van der Waals surface area (Å²) >= 11 is 0. The fourth-order valence-corrected chi connectivity index (χ4v) is 2.21. The minimum atomic E-state index is -1.24. The van der Waals surface area contributed by atoms with Crippen molar-refractivity contribution in [3.8, 4) is 11.5 Å². The molecule has 2 aromatic carbocycles. The Kier molecular flexibility index (Phi) is 8.02. The average molecular weight is 346 g/mol. The van der Waals surface area contributed by atoms with E-state index in [1.807, 2.05) is 42.5 Å². The topological polar surface area (TPSA) is 48.8 Å². The summed E-state index contributed by atoms with van der Waals surface area (Å²) in [5.74, 6) is 3.21. The molecule has 0 unspecified atom stereocenters. The average Bonchev–Trinajstić information content (AvgIpc) is 2.61. The van der Waals surface area contributed by atoms with E-state index in [9.17, 15) is 0 Å². The Morgan fingerprint density at radius 2 is 1.40 bits per heavy atom. The van der Waals surface area contributed by atoms with Crippen molar-refractivity contribution in [2.75, 3.05) is 0 Å². The second-order valence-corrected chi connectivity index (χ2v) is 11.1. The molecule has 0 aliphatic rings. The summed E-state index contributed by atoms with van der Waals surface area (Å²) in [5.41, 5.74) is 15.3. The highest BCUT2D eigenvalue weighted by Crippen LogP contribution is 2.13. The molecule has 126 valence electrons. The van der Waals surface area contributed by atoms with E-state index in [1.165, 1.54) is 0 Å². The molecule has 0 N–H and O–H groups in total. The summed E-state index contributed by atoms with van der Waals surface area (Å²) in [5, 5.41) is 3.43. The molecule has 2 aromatic rings. The van der Waals surface area contributed by atoms with Crippen molar-refractivity contribution in [2.24, 2.45) is 5.11 Å². The van der Waals surface area contributed by atoms with Gasteiger partial charge in [-0.2, -0.15) is 0 Å². The monoisotopic (exact) mass is 345 g/mol. The maximum absolute atomic E-state index is 8.08. The van der Waals surface area contributed by atoms with Gasteiger partial charge >= 0.3 is 0 Å². The smallest absolute Gasteiger partial charge is 0.127 e. The molecule has 3 nitrogen and oxygen atoms in total. The predicted octanol–water partition coefficient (Wildman–Crippen LogP) is 6.83. The van der Waals surface area contributed by atoms with E-state index in [0.29, 0.717) is 5.69 Å². The van der Waals surface area contributed by atoms with Crippen LogP contribution in [0.5, 0.6) is 0 Å². The van der Waals surface area contributed by atoms with E-state index in [2.05, 4.69) is 54.3 Å². The van der Waals surface area contributed by atoms with Gasteiger partial charge in [-0.1, -0.05) is 92.4 Å². The molecule has 0 atom stereocenters. The molecule has 0 radical (unpaired) electrons. The predicted molar refractivity (Wildman–Crippen MR) is 112 cm³/mol. The van der Waals surface area contributed by atoms with Gasteiger partial charge in [0.2, 0.25) is 0 Å². The molecule has 0 aliphatic heterocycles. The largest absolute Gasteiger partial charge is 0.129 e. The fourth-order valence-electron chi connectivity index (χ4n) is 1.69. The quantitative estimate of drug-likeness (QED) is 0.192. The Hall–Kier alpha value is -2.99. The van der Waals surface area contributed by atoms with Crippen LogP contribution in [-0.2, 0) is 0 Å². The molecule has 2 rings (SSSR count). The van der Waals surface area contributed by atoms with Crippen LogP contribution >= 0.6 is 0 Å². The van der Waals surface area contributed by atoms with Gasteiger partial charge in [0.15, 0.2) is 0 Å². The fraction of sp³-hybridized carbons (Fsp3) is 0.143. The molecule has 0 spiro atoms. The van der Waals surface area contributed by atoms with Gasteiger partial charge in [0.25, 0.3) is 0 Å². The molecule has 0 saturated heterocycles. The van der Waals surface area contributed by atoms with Gasteiger partial charge in [-0.15, -0.1) is 5.54 Å². The first-order chi connectivity index (χ1) is 11.9. The van der Waals surface area contributed by atoms with Crippen molar-refractivity contribution in [2.45, 2.75) is 19.6 Å². The lowest BCUT2D eigenvalue weighted by molar-refractivity contribution is 1.47. The zero-order valence-electron chi connectivity index (χ0n) is 15.0. The van der Waals surface area contributed by atoms with Crippen LogP contribution < -0.4 is 0 Å². The first-order valence-electron chi connectivity index (χ1n) is 7.91. The molecule has 0 aliphatic carbocycles. The van der Waals surface area contributed by atoms with Gasteiger partial charge in [0.05, 0.1) is 0 Å². The lowest BCUT2D eigenvalue weighted by Gasteiger charge is -2.03. The Morgan fingerprint density at radius 3 is 1.80 bits per heavy atom. The van der Waals surface area contributed by atoms with Crippen LogP contribution in [-0.4, -0.2) is 8.07 Å². The van der Waals surface area contributed by atoms with E-state index in [-0.39, 0.29) is 0 Å². The third-order valence-corrected chi connectivity index (χ3v) is 3.89. The van der Waals surface area contributed by atoms with Gasteiger partial charge < -0.3 is 0 Å². The first kappa shape index (κ1) is 20.1. The summed E-state index contributed by atoms with van der Waals surface area (Å²) in [6, 6.07) is 15.4. The summed E-state index contributed by atoms with van der Waals surface area (Å²) in [7, 11) is -1.24. The highest BCUT2D eigenvalue weighted by Gasteiger charge is 2.07. The number of rotatable bonds is 3. The molecule has 25 heavy (non-hydrogen) atoms. The van der Waals surface area contributed by atoms with E-state index in [4.69, 9.17) is 5.53 Å². The molecular weight excluding hydrogens is 322 g/mol. The maximum atomic E-state index is 8.08. The van der Waals surface area contributed by atoms with Crippen LogP contribution in [0.2, 0.25) is 19.6 Å². The second-order valence-electron chi connectivity index (χ2n) is 6.31. The summed E-state index contributed by atoms with van der Waals surface area (Å²) < 4.78 is 0. The third-order valence-electron chi connectivity index (χ3n) is 3.02. The van der Waals surface area contributed by atoms with E-state index >= 15 is 0 Å². The minimum Gasteiger partial charge on any atom is -0.127 e. The van der Waals surface area contributed by atoms with Gasteiger partial charge in [0, 0.05) is 16.2 Å². The van der Waals surface area contributed by atoms with Gasteiger partial charge in [0.1, 0.15) is 8.07 Å². The van der Waals surface area contributed by atoms with Crippen molar-refractivity contribution in [3.05, 3.63) is 88.8 Å². The first-order valence-corrected chi connectivity index (χ1v) is 11.4. The van der Waals surface area contributed by atoms with E-state index < -0.39 is 8.07 Å². The Bertz CT molecular complexity index is 811. The number of azide groups is 1. The highest BCUT2D eigenvalue weighted by atomic mass is 28.3. The van der Waals surface area contributed by atoms with Crippen LogP contribution in [0.15, 0.2) is 66.8 Å². The van der Waals surface area contributed by atoms with Crippen molar-refractivity contribution in [1.82, 2.24) is 0 Å². The molecular formula is C21H23N3Si. The van der Waals surface area contributed by atoms with Crippen LogP contribution in [0.3, 0.4) is 0 Å². The lowest BCUT2D eigenvalue weighted by Crippen LogP contribution is -2.16. The highest BCUT2D eigenvalue weighted by molar-refractivity contribution is 6.83.